The maximum atomic E-state index is 13.0. The molecule has 0 radical (unpaired) electrons. The van der Waals surface area contributed by atoms with Crippen molar-refractivity contribution < 1.29 is 4.39 Å². The largest absolute Gasteiger partial charge is 0.207 e. The molecule has 0 aliphatic heterocycles. The van der Waals surface area contributed by atoms with Gasteiger partial charge in [0, 0.05) is 5.56 Å². The summed E-state index contributed by atoms with van der Waals surface area (Å²) in [7, 11) is 0. The molecule has 0 atom stereocenters. The average Bonchev–Trinajstić information content (AvgIpc) is 2.27. The van der Waals surface area contributed by atoms with Gasteiger partial charge in [0.1, 0.15) is 5.82 Å². The Morgan fingerprint density at radius 3 is 2.33 bits per heavy atom. The molecule has 0 spiro atoms. The van der Waals surface area contributed by atoms with E-state index in [4.69, 9.17) is 10.5 Å². The normalized spacial score (nSPS) is 8.13. The zero-order valence-electron chi connectivity index (χ0n) is 9.13. The standard InChI is InChI=1S/C10H7FN2.C2H6/c1-7-9(6-13)8(4-5-12)2-3-10(7)11;1-2/h2-3H,4H2,1H3;1-2H3. The zero-order valence-corrected chi connectivity index (χ0v) is 9.13. The van der Waals surface area contributed by atoms with Crippen LogP contribution in [0.5, 0.6) is 0 Å². The van der Waals surface area contributed by atoms with Crippen LogP contribution in [0, 0.1) is 35.4 Å². The monoisotopic (exact) mass is 204 g/mol. The van der Waals surface area contributed by atoms with Crippen molar-refractivity contribution in [3.05, 3.63) is 34.6 Å². The summed E-state index contributed by atoms with van der Waals surface area (Å²) in [6.45, 7) is 5.54. The predicted molar refractivity (Wildman–Crippen MR) is 56.5 cm³/mol. The topological polar surface area (TPSA) is 47.6 Å². The van der Waals surface area contributed by atoms with E-state index < -0.39 is 5.82 Å². The fourth-order valence-corrected chi connectivity index (χ4v) is 1.13. The van der Waals surface area contributed by atoms with Crippen molar-refractivity contribution in [3.63, 3.8) is 0 Å². The molecule has 15 heavy (non-hydrogen) atoms. The molecule has 1 aromatic rings. The number of hydrogen-bond donors (Lipinski definition) is 0. The second-order valence-corrected chi connectivity index (χ2v) is 2.65. The predicted octanol–water partition coefficient (Wildman–Crippen LogP) is 3.10. The van der Waals surface area contributed by atoms with Gasteiger partial charge in [-0.15, -0.1) is 0 Å². The SMILES string of the molecule is CC.Cc1c(F)ccc(CC#N)c1C#N. The van der Waals surface area contributed by atoms with Crippen LogP contribution in [0.4, 0.5) is 4.39 Å². The zero-order chi connectivity index (χ0) is 11.8. The molecule has 0 heterocycles. The van der Waals surface area contributed by atoms with Crippen LogP contribution in [0.15, 0.2) is 12.1 Å². The lowest BCUT2D eigenvalue weighted by molar-refractivity contribution is 0.617. The van der Waals surface area contributed by atoms with Gasteiger partial charge in [0.25, 0.3) is 0 Å². The molecule has 0 aromatic heterocycles. The summed E-state index contributed by atoms with van der Waals surface area (Å²) in [4.78, 5) is 0. The van der Waals surface area contributed by atoms with Crippen LogP contribution in [0.2, 0.25) is 0 Å². The van der Waals surface area contributed by atoms with Crippen LogP contribution in [0.3, 0.4) is 0 Å². The van der Waals surface area contributed by atoms with Crippen molar-refractivity contribution in [2.75, 3.05) is 0 Å². The van der Waals surface area contributed by atoms with Crippen molar-refractivity contribution in [2.45, 2.75) is 27.2 Å². The third-order valence-corrected chi connectivity index (χ3v) is 1.87. The Balaban J connectivity index is 0.000000921. The number of rotatable bonds is 1. The highest BCUT2D eigenvalue weighted by Crippen LogP contribution is 2.16. The van der Waals surface area contributed by atoms with E-state index in [1.807, 2.05) is 26.0 Å². The first-order chi connectivity index (χ1) is 7.20. The first kappa shape index (κ1) is 13.1. The average molecular weight is 204 g/mol. The Hall–Kier alpha value is -1.87. The number of halogens is 1. The molecule has 2 nitrogen and oxygen atoms in total. The van der Waals surface area contributed by atoms with Gasteiger partial charge >= 0.3 is 0 Å². The highest BCUT2D eigenvalue weighted by Gasteiger charge is 2.08. The van der Waals surface area contributed by atoms with Gasteiger partial charge < -0.3 is 0 Å². The Bertz CT molecular complexity index is 411. The molecule has 0 bridgehead atoms. The van der Waals surface area contributed by atoms with Gasteiger partial charge in [-0.1, -0.05) is 19.9 Å². The summed E-state index contributed by atoms with van der Waals surface area (Å²) in [6, 6.07) is 6.59. The van der Waals surface area contributed by atoms with Crippen LogP contribution in [-0.2, 0) is 6.42 Å². The molecule has 0 unspecified atom stereocenters. The highest BCUT2D eigenvalue weighted by atomic mass is 19.1. The molecule has 1 rings (SSSR count). The smallest absolute Gasteiger partial charge is 0.127 e. The van der Waals surface area contributed by atoms with Gasteiger partial charge in [-0.3, -0.25) is 0 Å². The minimum atomic E-state index is -0.404. The van der Waals surface area contributed by atoms with E-state index in [0.717, 1.165) is 0 Å². The summed E-state index contributed by atoms with van der Waals surface area (Å²) in [5.41, 5.74) is 1.18. The van der Waals surface area contributed by atoms with Crippen molar-refractivity contribution >= 4 is 0 Å². The lowest BCUT2D eigenvalue weighted by Crippen LogP contribution is -1.95. The number of nitrogens with zero attached hydrogens (tertiary/aromatic N) is 2. The van der Waals surface area contributed by atoms with E-state index in [1.54, 1.807) is 0 Å². The first-order valence-corrected chi connectivity index (χ1v) is 4.75. The summed E-state index contributed by atoms with van der Waals surface area (Å²) >= 11 is 0. The first-order valence-electron chi connectivity index (χ1n) is 4.75. The van der Waals surface area contributed by atoms with Gasteiger partial charge in [-0.2, -0.15) is 10.5 Å². The Morgan fingerprint density at radius 2 is 1.87 bits per heavy atom. The minimum absolute atomic E-state index is 0.143. The van der Waals surface area contributed by atoms with Gasteiger partial charge in [-0.05, 0) is 18.6 Å². The van der Waals surface area contributed by atoms with E-state index >= 15 is 0 Å². The molecular formula is C12H13FN2. The molecule has 0 aliphatic rings. The Kier molecular flexibility index (Phi) is 5.75. The molecule has 0 saturated heterocycles. The summed E-state index contributed by atoms with van der Waals surface area (Å²) in [5.74, 6) is -0.404. The van der Waals surface area contributed by atoms with Crippen molar-refractivity contribution in [1.29, 1.82) is 10.5 Å². The molecule has 0 fully saturated rings. The molecule has 3 heteroatoms. The lowest BCUT2D eigenvalue weighted by Gasteiger charge is -2.03. The van der Waals surface area contributed by atoms with Crippen molar-refractivity contribution in [2.24, 2.45) is 0 Å². The summed E-state index contributed by atoms with van der Waals surface area (Å²) in [5, 5.41) is 17.2. The molecule has 0 aliphatic carbocycles. The fraction of sp³-hybridized carbons (Fsp3) is 0.333. The van der Waals surface area contributed by atoms with E-state index in [-0.39, 0.29) is 12.0 Å². The second kappa shape index (κ2) is 6.56. The van der Waals surface area contributed by atoms with E-state index in [2.05, 4.69) is 0 Å². The quantitative estimate of drug-likeness (QED) is 0.705. The maximum absolute atomic E-state index is 13.0. The van der Waals surface area contributed by atoms with Crippen LogP contribution in [0.25, 0.3) is 0 Å². The molecule has 78 valence electrons. The van der Waals surface area contributed by atoms with E-state index in [0.29, 0.717) is 11.1 Å². The molecule has 0 N–H and O–H groups in total. The van der Waals surface area contributed by atoms with Crippen LogP contribution in [0.1, 0.15) is 30.5 Å². The Labute approximate surface area is 89.6 Å². The number of nitriles is 2. The second-order valence-electron chi connectivity index (χ2n) is 2.65. The van der Waals surface area contributed by atoms with Gasteiger partial charge in [-0.25, -0.2) is 4.39 Å². The van der Waals surface area contributed by atoms with Crippen molar-refractivity contribution in [1.82, 2.24) is 0 Å². The number of hydrogen-bond acceptors (Lipinski definition) is 2. The summed E-state index contributed by atoms with van der Waals surface area (Å²) < 4.78 is 13.0. The molecule has 1 aromatic carbocycles. The van der Waals surface area contributed by atoms with Crippen LogP contribution < -0.4 is 0 Å². The lowest BCUT2D eigenvalue weighted by atomic mass is 10.0. The van der Waals surface area contributed by atoms with Gasteiger partial charge in [0.2, 0.25) is 0 Å². The van der Waals surface area contributed by atoms with Crippen LogP contribution in [-0.4, -0.2) is 0 Å². The van der Waals surface area contributed by atoms with Crippen LogP contribution >= 0.6 is 0 Å². The third-order valence-electron chi connectivity index (χ3n) is 1.87. The minimum Gasteiger partial charge on any atom is -0.207 e. The molecule has 0 amide bonds. The molecular weight excluding hydrogens is 191 g/mol. The van der Waals surface area contributed by atoms with E-state index in [9.17, 15) is 4.39 Å². The van der Waals surface area contributed by atoms with E-state index in [1.165, 1.54) is 19.1 Å². The number of benzene rings is 1. The van der Waals surface area contributed by atoms with Crippen molar-refractivity contribution in [3.8, 4) is 12.1 Å². The maximum Gasteiger partial charge on any atom is 0.127 e. The van der Waals surface area contributed by atoms with Gasteiger partial charge in [0.15, 0.2) is 0 Å². The van der Waals surface area contributed by atoms with Gasteiger partial charge in [0.05, 0.1) is 24.1 Å². The fourth-order valence-electron chi connectivity index (χ4n) is 1.13. The molecule has 0 saturated carbocycles. The highest BCUT2D eigenvalue weighted by molar-refractivity contribution is 5.45. The Morgan fingerprint density at radius 1 is 1.27 bits per heavy atom. The third kappa shape index (κ3) is 3.07. The summed E-state index contributed by atoms with van der Waals surface area (Å²) in [6.07, 6.45) is 0.143.